The van der Waals surface area contributed by atoms with Gasteiger partial charge in [0.1, 0.15) is 0 Å². The van der Waals surface area contributed by atoms with Crippen LogP contribution in [0.15, 0.2) is 64.9 Å². The molecule has 2 aromatic carbocycles. The lowest BCUT2D eigenvalue weighted by molar-refractivity contribution is 0.180. The van der Waals surface area contributed by atoms with Crippen LogP contribution in [-0.4, -0.2) is 48.8 Å². The first-order chi connectivity index (χ1) is 14.1. The summed E-state index contributed by atoms with van der Waals surface area (Å²) in [5, 5.41) is 3.26. The summed E-state index contributed by atoms with van der Waals surface area (Å²) in [6, 6.07) is 17.2. The molecule has 0 spiro atoms. The Morgan fingerprint density at radius 1 is 0.931 bits per heavy atom. The molecule has 29 heavy (non-hydrogen) atoms. The lowest BCUT2D eigenvalue weighted by Gasteiger charge is -2.33. The molecular weight excluding hydrogens is 402 g/mol. The maximum Gasteiger partial charge on any atom is 0.243 e. The van der Waals surface area contributed by atoms with Crippen molar-refractivity contribution in [2.75, 3.05) is 26.2 Å². The topological polar surface area (TPSA) is 53.5 Å². The quantitative estimate of drug-likeness (QED) is 0.599. The van der Waals surface area contributed by atoms with Crippen LogP contribution in [0.2, 0.25) is 0 Å². The lowest BCUT2D eigenvalue weighted by Crippen LogP contribution is -2.48. The second kappa shape index (κ2) is 8.75. The van der Waals surface area contributed by atoms with Crippen LogP contribution in [0.1, 0.15) is 17.6 Å². The molecule has 0 N–H and O–H groups in total. The molecule has 0 saturated carbocycles. The highest BCUT2D eigenvalue weighted by Gasteiger charge is 2.28. The van der Waals surface area contributed by atoms with Crippen molar-refractivity contribution in [1.29, 1.82) is 0 Å². The third kappa shape index (κ3) is 4.59. The zero-order chi connectivity index (χ0) is 20.3. The molecule has 5 nitrogen and oxygen atoms in total. The van der Waals surface area contributed by atoms with Crippen LogP contribution >= 0.6 is 11.3 Å². The Morgan fingerprint density at radius 3 is 2.21 bits per heavy atom. The van der Waals surface area contributed by atoms with Gasteiger partial charge in [0.25, 0.3) is 0 Å². The fraction of sp³-hybridized carbons (Fsp3) is 0.318. The summed E-state index contributed by atoms with van der Waals surface area (Å²) >= 11 is 1.70. The molecule has 0 aliphatic carbocycles. The highest BCUT2D eigenvalue weighted by atomic mass is 32.2. The van der Waals surface area contributed by atoms with Gasteiger partial charge in [-0.05, 0) is 29.7 Å². The number of thiazole rings is 1. The summed E-state index contributed by atoms with van der Waals surface area (Å²) in [7, 11) is -3.46. The molecule has 2 heterocycles. The number of rotatable bonds is 6. The number of aromatic nitrogens is 1. The second-order valence-electron chi connectivity index (χ2n) is 7.16. The summed E-state index contributed by atoms with van der Waals surface area (Å²) < 4.78 is 27.7. The van der Waals surface area contributed by atoms with Crippen molar-refractivity contribution in [3.05, 3.63) is 70.7 Å². The van der Waals surface area contributed by atoms with E-state index >= 15 is 0 Å². The second-order valence-corrected chi connectivity index (χ2v) is 10.0. The zero-order valence-electron chi connectivity index (χ0n) is 16.5. The van der Waals surface area contributed by atoms with Gasteiger partial charge in [0, 0.05) is 38.1 Å². The molecule has 0 radical (unpaired) electrons. The summed E-state index contributed by atoms with van der Waals surface area (Å²) in [5.41, 5.74) is 3.18. The molecule has 1 saturated heterocycles. The van der Waals surface area contributed by atoms with Crippen molar-refractivity contribution in [3.63, 3.8) is 0 Å². The largest absolute Gasteiger partial charge is 0.295 e. The van der Waals surface area contributed by atoms with E-state index in [2.05, 4.69) is 22.2 Å². The number of piperazine rings is 1. The van der Waals surface area contributed by atoms with Crippen molar-refractivity contribution < 1.29 is 8.42 Å². The average Bonchev–Trinajstić information content (AvgIpc) is 3.22. The van der Waals surface area contributed by atoms with E-state index in [1.54, 1.807) is 27.8 Å². The minimum Gasteiger partial charge on any atom is -0.295 e. The molecule has 1 aromatic heterocycles. The molecule has 0 amide bonds. The van der Waals surface area contributed by atoms with Gasteiger partial charge in [-0.1, -0.05) is 49.4 Å². The minimum atomic E-state index is -3.46. The SMILES string of the molecule is CCc1nc(CN2CCN(S(=O)(=O)c3ccc(-c4ccccc4)cc3)CC2)cs1. The van der Waals surface area contributed by atoms with E-state index in [9.17, 15) is 8.42 Å². The van der Waals surface area contributed by atoms with Gasteiger partial charge in [-0.25, -0.2) is 13.4 Å². The Kier molecular flexibility index (Phi) is 6.10. The van der Waals surface area contributed by atoms with Crippen LogP contribution in [0.5, 0.6) is 0 Å². The van der Waals surface area contributed by atoms with Gasteiger partial charge in [-0.2, -0.15) is 4.31 Å². The van der Waals surface area contributed by atoms with Crippen molar-refractivity contribution in [1.82, 2.24) is 14.2 Å². The van der Waals surface area contributed by atoms with Crippen LogP contribution in [0.4, 0.5) is 0 Å². The first-order valence-electron chi connectivity index (χ1n) is 9.87. The number of aryl methyl sites for hydroxylation is 1. The molecule has 1 aliphatic rings. The Morgan fingerprint density at radius 2 is 1.59 bits per heavy atom. The first-order valence-corrected chi connectivity index (χ1v) is 12.2. The highest BCUT2D eigenvalue weighted by Crippen LogP contribution is 2.24. The maximum atomic E-state index is 13.0. The van der Waals surface area contributed by atoms with Crippen LogP contribution in [0.3, 0.4) is 0 Å². The van der Waals surface area contributed by atoms with E-state index in [-0.39, 0.29) is 0 Å². The van der Waals surface area contributed by atoms with Crippen molar-refractivity contribution in [2.24, 2.45) is 0 Å². The Hall–Kier alpha value is -2.06. The van der Waals surface area contributed by atoms with Crippen LogP contribution in [0, 0.1) is 0 Å². The van der Waals surface area contributed by atoms with Gasteiger partial charge in [0.2, 0.25) is 10.0 Å². The summed E-state index contributed by atoms with van der Waals surface area (Å²) in [6.07, 6.45) is 0.958. The molecule has 3 aromatic rings. The zero-order valence-corrected chi connectivity index (χ0v) is 18.1. The third-order valence-corrected chi connectivity index (χ3v) is 8.17. The van der Waals surface area contributed by atoms with Crippen LogP contribution < -0.4 is 0 Å². The number of benzene rings is 2. The number of hydrogen-bond donors (Lipinski definition) is 0. The monoisotopic (exact) mass is 427 g/mol. The Labute approximate surface area is 176 Å². The van der Waals surface area contributed by atoms with Gasteiger partial charge in [0.15, 0.2) is 0 Å². The normalized spacial score (nSPS) is 16.2. The van der Waals surface area contributed by atoms with Gasteiger partial charge < -0.3 is 0 Å². The maximum absolute atomic E-state index is 13.0. The fourth-order valence-electron chi connectivity index (χ4n) is 3.54. The number of nitrogens with zero attached hydrogens (tertiary/aromatic N) is 3. The van der Waals surface area contributed by atoms with Gasteiger partial charge in [0.05, 0.1) is 15.6 Å². The van der Waals surface area contributed by atoms with E-state index in [0.717, 1.165) is 47.9 Å². The molecular formula is C22H25N3O2S2. The van der Waals surface area contributed by atoms with Crippen molar-refractivity contribution >= 4 is 21.4 Å². The van der Waals surface area contributed by atoms with E-state index in [1.807, 2.05) is 42.5 Å². The Bertz CT molecular complexity index is 1040. The molecule has 0 unspecified atom stereocenters. The third-order valence-electron chi connectivity index (χ3n) is 5.22. The highest BCUT2D eigenvalue weighted by molar-refractivity contribution is 7.89. The summed E-state index contributed by atoms with van der Waals surface area (Å²) in [6.45, 7) is 5.36. The molecule has 7 heteroatoms. The summed E-state index contributed by atoms with van der Waals surface area (Å²) in [4.78, 5) is 7.25. The van der Waals surface area contributed by atoms with Gasteiger partial charge >= 0.3 is 0 Å². The first kappa shape index (κ1) is 20.2. The van der Waals surface area contributed by atoms with E-state index in [4.69, 9.17) is 0 Å². The lowest BCUT2D eigenvalue weighted by atomic mass is 10.1. The van der Waals surface area contributed by atoms with Gasteiger partial charge in [-0.15, -0.1) is 11.3 Å². The van der Waals surface area contributed by atoms with E-state index in [0.29, 0.717) is 18.0 Å². The molecule has 0 atom stereocenters. The molecule has 1 aliphatic heterocycles. The molecule has 4 rings (SSSR count). The smallest absolute Gasteiger partial charge is 0.243 e. The van der Waals surface area contributed by atoms with Crippen LogP contribution in [0.25, 0.3) is 11.1 Å². The minimum absolute atomic E-state index is 0.359. The van der Waals surface area contributed by atoms with Crippen LogP contribution in [-0.2, 0) is 23.0 Å². The van der Waals surface area contributed by atoms with Gasteiger partial charge in [-0.3, -0.25) is 4.90 Å². The molecule has 0 bridgehead atoms. The Balaban J connectivity index is 1.39. The van der Waals surface area contributed by atoms with Crippen molar-refractivity contribution in [3.8, 4) is 11.1 Å². The fourth-order valence-corrected chi connectivity index (χ4v) is 5.70. The summed E-state index contributed by atoms with van der Waals surface area (Å²) in [5.74, 6) is 0. The standard InChI is InChI=1S/C22H25N3O2S2/c1-2-22-23-20(17-28-22)16-24-12-14-25(15-13-24)29(26,27)21-10-8-19(9-11-21)18-6-4-3-5-7-18/h3-11,17H,2,12-16H2,1H3. The number of sulfonamides is 1. The average molecular weight is 428 g/mol. The predicted molar refractivity (Wildman–Crippen MR) is 117 cm³/mol. The predicted octanol–water partition coefficient (Wildman–Crippen LogP) is 3.88. The van der Waals surface area contributed by atoms with E-state index in [1.165, 1.54) is 0 Å². The molecule has 1 fully saturated rings. The van der Waals surface area contributed by atoms with Crippen molar-refractivity contribution in [2.45, 2.75) is 24.8 Å². The number of hydrogen-bond acceptors (Lipinski definition) is 5. The molecule has 152 valence electrons. The van der Waals surface area contributed by atoms with E-state index < -0.39 is 10.0 Å².